The molecule has 2 N–H and O–H groups in total. The zero-order valence-electron chi connectivity index (χ0n) is 10.4. The van der Waals surface area contributed by atoms with Gasteiger partial charge in [0.1, 0.15) is 0 Å². The fourth-order valence-corrected chi connectivity index (χ4v) is 3.89. The van der Waals surface area contributed by atoms with Gasteiger partial charge in [0.15, 0.2) is 0 Å². The van der Waals surface area contributed by atoms with Gasteiger partial charge in [0.2, 0.25) is 0 Å². The van der Waals surface area contributed by atoms with E-state index in [2.05, 4.69) is 17.9 Å². The van der Waals surface area contributed by atoms with Crippen molar-refractivity contribution in [3.05, 3.63) is 21.3 Å². The maximum absolute atomic E-state index is 6.02. The van der Waals surface area contributed by atoms with Crippen molar-refractivity contribution in [2.45, 2.75) is 44.7 Å². The normalized spacial score (nSPS) is 24.5. The van der Waals surface area contributed by atoms with E-state index >= 15 is 0 Å². The molecule has 0 aromatic carbocycles. The molecule has 0 aliphatic carbocycles. The van der Waals surface area contributed by atoms with E-state index in [0.717, 1.165) is 5.02 Å². The lowest BCUT2D eigenvalue weighted by molar-refractivity contribution is 0.153. The van der Waals surface area contributed by atoms with Crippen molar-refractivity contribution in [1.29, 1.82) is 0 Å². The predicted molar refractivity (Wildman–Crippen MR) is 75.8 cm³/mol. The van der Waals surface area contributed by atoms with Gasteiger partial charge in [0.25, 0.3) is 0 Å². The average Bonchev–Trinajstić information content (AvgIpc) is 2.62. The molecule has 1 aromatic rings. The van der Waals surface area contributed by atoms with Crippen molar-refractivity contribution in [2.24, 2.45) is 5.73 Å². The summed E-state index contributed by atoms with van der Waals surface area (Å²) in [4.78, 5) is 3.88. The van der Waals surface area contributed by atoms with Crippen LogP contribution in [0.5, 0.6) is 0 Å². The average molecular weight is 273 g/mol. The first-order valence-electron chi connectivity index (χ1n) is 6.42. The monoisotopic (exact) mass is 272 g/mol. The van der Waals surface area contributed by atoms with E-state index < -0.39 is 0 Å². The Kier molecular flexibility index (Phi) is 4.86. The van der Waals surface area contributed by atoms with Crippen LogP contribution < -0.4 is 5.73 Å². The van der Waals surface area contributed by atoms with Crippen LogP contribution in [0, 0.1) is 0 Å². The summed E-state index contributed by atoms with van der Waals surface area (Å²) in [6, 6.07) is 3.05. The van der Waals surface area contributed by atoms with Gasteiger partial charge < -0.3 is 5.73 Å². The lowest BCUT2D eigenvalue weighted by atomic mass is 10.1. The summed E-state index contributed by atoms with van der Waals surface area (Å²) in [5.74, 6) is 0. The van der Waals surface area contributed by atoms with E-state index in [-0.39, 0.29) is 0 Å². The number of rotatable bonds is 3. The number of hydrogen-bond acceptors (Lipinski definition) is 3. The highest BCUT2D eigenvalue weighted by Crippen LogP contribution is 2.32. The molecule has 2 nitrogen and oxygen atoms in total. The molecule has 0 bridgehead atoms. The number of nitrogens with zero attached hydrogens (tertiary/aromatic N) is 1. The third kappa shape index (κ3) is 3.22. The molecule has 1 aromatic heterocycles. The molecule has 1 aliphatic heterocycles. The van der Waals surface area contributed by atoms with E-state index in [1.165, 1.54) is 37.1 Å². The lowest BCUT2D eigenvalue weighted by Gasteiger charge is -2.34. The van der Waals surface area contributed by atoms with Gasteiger partial charge in [-0.1, -0.05) is 24.4 Å². The second-order valence-corrected chi connectivity index (χ2v) is 6.23. The van der Waals surface area contributed by atoms with Crippen molar-refractivity contribution < 1.29 is 0 Å². The van der Waals surface area contributed by atoms with Crippen molar-refractivity contribution in [3.8, 4) is 0 Å². The van der Waals surface area contributed by atoms with Crippen molar-refractivity contribution in [3.63, 3.8) is 0 Å². The molecule has 96 valence electrons. The molecule has 1 saturated heterocycles. The molecule has 0 saturated carbocycles. The molecule has 1 fully saturated rings. The smallest absolute Gasteiger partial charge is 0.0567 e. The van der Waals surface area contributed by atoms with Crippen molar-refractivity contribution >= 4 is 22.9 Å². The number of nitrogens with two attached hydrogens (primary N) is 1. The summed E-state index contributed by atoms with van der Waals surface area (Å²) < 4.78 is 0. The van der Waals surface area contributed by atoms with Crippen LogP contribution in [0.4, 0.5) is 0 Å². The first-order valence-corrected chi connectivity index (χ1v) is 7.68. The van der Waals surface area contributed by atoms with E-state index in [1.807, 2.05) is 5.38 Å². The van der Waals surface area contributed by atoms with E-state index in [1.54, 1.807) is 11.3 Å². The van der Waals surface area contributed by atoms with Gasteiger partial charge in [0.05, 0.1) is 11.1 Å². The predicted octanol–water partition coefficient (Wildman–Crippen LogP) is 3.67. The van der Waals surface area contributed by atoms with E-state index in [4.69, 9.17) is 17.3 Å². The Morgan fingerprint density at radius 2 is 2.35 bits per heavy atom. The highest BCUT2D eigenvalue weighted by molar-refractivity contribution is 7.10. The Hall–Kier alpha value is -0.0900. The standard InChI is InChI=1S/C13H21ClN2S/c1-10-5-3-2-4-6-16(10)12(8-15)13-7-11(14)9-17-13/h7,9-10,12H,2-6,8,15H2,1H3. The Labute approximate surface area is 113 Å². The second kappa shape index (κ2) is 6.19. The fraction of sp³-hybridized carbons (Fsp3) is 0.692. The van der Waals surface area contributed by atoms with Crippen molar-refractivity contribution in [1.82, 2.24) is 4.90 Å². The Bertz CT molecular complexity index is 353. The molecule has 0 radical (unpaired) electrons. The molecule has 2 rings (SSSR count). The van der Waals surface area contributed by atoms with Gasteiger partial charge in [-0.3, -0.25) is 4.90 Å². The third-order valence-corrected chi connectivity index (χ3v) is 5.03. The maximum atomic E-state index is 6.02. The van der Waals surface area contributed by atoms with Gasteiger partial charge in [-0.05, 0) is 32.4 Å². The molecule has 1 aliphatic rings. The van der Waals surface area contributed by atoms with Crippen LogP contribution in [-0.4, -0.2) is 24.0 Å². The van der Waals surface area contributed by atoms with Gasteiger partial charge in [-0.15, -0.1) is 11.3 Å². The molecule has 4 heteroatoms. The van der Waals surface area contributed by atoms with Crippen LogP contribution in [0.1, 0.15) is 43.5 Å². The first-order chi connectivity index (χ1) is 8.22. The second-order valence-electron chi connectivity index (χ2n) is 4.85. The fourth-order valence-electron chi connectivity index (χ4n) is 2.68. The zero-order valence-corrected chi connectivity index (χ0v) is 11.9. The minimum Gasteiger partial charge on any atom is -0.329 e. The molecule has 17 heavy (non-hydrogen) atoms. The van der Waals surface area contributed by atoms with Gasteiger partial charge in [-0.2, -0.15) is 0 Å². The maximum Gasteiger partial charge on any atom is 0.0567 e. The number of thiophene rings is 1. The molecular weight excluding hydrogens is 252 g/mol. The van der Waals surface area contributed by atoms with Crippen molar-refractivity contribution in [2.75, 3.05) is 13.1 Å². The number of hydrogen-bond donors (Lipinski definition) is 1. The summed E-state index contributed by atoms with van der Waals surface area (Å²) in [6.45, 7) is 4.17. The molecule has 2 heterocycles. The lowest BCUT2D eigenvalue weighted by Crippen LogP contribution is -2.39. The van der Waals surface area contributed by atoms with Gasteiger partial charge in [-0.25, -0.2) is 0 Å². The Morgan fingerprint density at radius 1 is 1.53 bits per heavy atom. The van der Waals surface area contributed by atoms with Crippen LogP contribution in [0.2, 0.25) is 5.02 Å². The van der Waals surface area contributed by atoms with Crippen LogP contribution >= 0.6 is 22.9 Å². The SMILES string of the molecule is CC1CCCCCN1C(CN)c1cc(Cl)cs1. The zero-order chi connectivity index (χ0) is 12.3. The summed E-state index contributed by atoms with van der Waals surface area (Å²) in [6.07, 6.45) is 5.28. The minimum atomic E-state index is 0.348. The molecule has 2 unspecified atom stereocenters. The summed E-state index contributed by atoms with van der Waals surface area (Å²) >= 11 is 7.75. The van der Waals surface area contributed by atoms with Crippen LogP contribution in [0.3, 0.4) is 0 Å². The van der Waals surface area contributed by atoms with Crippen LogP contribution in [0.25, 0.3) is 0 Å². The summed E-state index contributed by atoms with van der Waals surface area (Å²) in [5, 5.41) is 2.84. The number of halogens is 1. The largest absolute Gasteiger partial charge is 0.329 e. The third-order valence-electron chi connectivity index (χ3n) is 3.64. The highest BCUT2D eigenvalue weighted by atomic mass is 35.5. The molecule has 0 amide bonds. The summed E-state index contributed by atoms with van der Waals surface area (Å²) in [7, 11) is 0. The van der Waals surface area contributed by atoms with Gasteiger partial charge >= 0.3 is 0 Å². The quantitative estimate of drug-likeness (QED) is 0.910. The Balaban J connectivity index is 2.15. The van der Waals surface area contributed by atoms with E-state index in [0.29, 0.717) is 18.6 Å². The van der Waals surface area contributed by atoms with Gasteiger partial charge in [0, 0.05) is 22.8 Å². The van der Waals surface area contributed by atoms with Crippen LogP contribution in [0.15, 0.2) is 11.4 Å². The molecule has 0 spiro atoms. The summed E-state index contributed by atoms with van der Waals surface area (Å²) in [5.41, 5.74) is 5.98. The molecular formula is C13H21ClN2S. The number of likely N-dealkylation sites (tertiary alicyclic amines) is 1. The van der Waals surface area contributed by atoms with E-state index in [9.17, 15) is 0 Å². The first kappa shape index (κ1) is 13.3. The van der Waals surface area contributed by atoms with Crippen LogP contribution in [-0.2, 0) is 0 Å². The molecule has 2 atom stereocenters. The highest BCUT2D eigenvalue weighted by Gasteiger charge is 2.26. The Morgan fingerprint density at radius 3 is 3.00 bits per heavy atom. The topological polar surface area (TPSA) is 29.3 Å². The minimum absolute atomic E-state index is 0.348.